The van der Waals surface area contributed by atoms with Crippen LogP contribution in [0.15, 0.2) is 30.3 Å². The molecule has 2 aromatic rings. The number of nitrogens with one attached hydrogen (secondary N) is 1. The fourth-order valence-corrected chi connectivity index (χ4v) is 2.13. The molecule has 0 spiro atoms. The second-order valence-corrected chi connectivity index (χ2v) is 4.71. The first-order valence-electron chi connectivity index (χ1n) is 7.24. The molecule has 0 bridgehead atoms. The van der Waals surface area contributed by atoms with Gasteiger partial charge in [-0.25, -0.2) is 9.97 Å². The van der Waals surface area contributed by atoms with Crippen LogP contribution < -0.4 is 11.1 Å². The molecule has 112 valence electrons. The van der Waals surface area contributed by atoms with Crippen molar-refractivity contribution in [2.24, 2.45) is 0 Å². The lowest BCUT2D eigenvalue weighted by atomic mass is 10.1. The van der Waals surface area contributed by atoms with Crippen LogP contribution in [-0.4, -0.2) is 16.6 Å². The van der Waals surface area contributed by atoms with Gasteiger partial charge in [-0.05, 0) is 24.5 Å². The monoisotopic (exact) mass is 286 g/mol. The standard InChI is InChI=1S/C16H22N4O/c1-3-12-7-5-6-8-13(12)10-18-15-9-14(17)19-16(20-15)11-21-4-2/h5-9H,3-4,10-11H2,1-2H3,(H3,17,18,19,20). The number of hydrogen-bond donors (Lipinski definition) is 2. The first kappa shape index (κ1) is 15.3. The van der Waals surface area contributed by atoms with E-state index in [1.54, 1.807) is 6.07 Å². The van der Waals surface area contributed by atoms with Crippen molar-refractivity contribution in [3.05, 3.63) is 47.3 Å². The van der Waals surface area contributed by atoms with Crippen molar-refractivity contribution in [2.45, 2.75) is 33.4 Å². The zero-order valence-corrected chi connectivity index (χ0v) is 12.6. The van der Waals surface area contributed by atoms with Crippen LogP contribution in [0.2, 0.25) is 0 Å². The lowest BCUT2D eigenvalue weighted by Crippen LogP contribution is -2.08. The highest BCUT2D eigenvalue weighted by molar-refractivity contribution is 5.45. The van der Waals surface area contributed by atoms with E-state index in [1.165, 1.54) is 11.1 Å². The van der Waals surface area contributed by atoms with Gasteiger partial charge in [0.2, 0.25) is 0 Å². The summed E-state index contributed by atoms with van der Waals surface area (Å²) in [6.07, 6.45) is 1.01. The predicted molar refractivity (Wildman–Crippen MR) is 84.9 cm³/mol. The van der Waals surface area contributed by atoms with Crippen molar-refractivity contribution in [3.63, 3.8) is 0 Å². The molecule has 0 aliphatic rings. The molecule has 3 N–H and O–H groups in total. The minimum atomic E-state index is 0.377. The van der Waals surface area contributed by atoms with Gasteiger partial charge in [-0.1, -0.05) is 31.2 Å². The molecule has 5 heteroatoms. The van der Waals surface area contributed by atoms with E-state index in [1.807, 2.05) is 13.0 Å². The van der Waals surface area contributed by atoms with Crippen LogP contribution in [0.1, 0.15) is 30.8 Å². The summed E-state index contributed by atoms with van der Waals surface area (Å²) >= 11 is 0. The summed E-state index contributed by atoms with van der Waals surface area (Å²) in [4.78, 5) is 8.58. The molecule has 0 atom stereocenters. The first-order valence-corrected chi connectivity index (χ1v) is 7.24. The van der Waals surface area contributed by atoms with Crippen LogP contribution in [0, 0.1) is 0 Å². The third-order valence-electron chi connectivity index (χ3n) is 3.19. The fourth-order valence-electron chi connectivity index (χ4n) is 2.13. The molecule has 1 aromatic heterocycles. The van der Waals surface area contributed by atoms with Crippen LogP contribution in [0.5, 0.6) is 0 Å². The molecule has 0 aliphatic heterocycles. The third-order valence-corrected chi connectivity index (χ3v) is 3.19. The molecule has 1 aromatic carbocycles. The number of nitrogens with zero attached hydrogens (tertiary/aromatic N) is 2. The van der Waals surface area contributed by atoms with Crippen molar-refractivity contribution < 1.29 is 4.74 Å². The largest absolute Gasteiger partial charge is 0.384 e. The lowest BCUT2D eigenvalue weighted by molar-refractivity contribution is 0.128. The van der Waals surface area contributed by atoms with Gasteiger partial charge in [0, 0.05) is 19.2 Å². The van der Waals surface area contributed by atoms with Gasteiger partial charge in [0.05, 0.1) is 0 Å². The molecule has 5 nitrogen and oxygen atoms in total. The van der Waals surface area contributed by atoms with Gasteiger partial charge in [-0.3, -0.25) is 0 Å². The Balaban J connectivity index is 2.07. The maximum Gasteiger partial charge on any atom is 0.158 e. The van der Waals surface area contributed by atoms with Gasteiger partial charge in [0.1, 0.15) is 18.2 Å². The molecule has 0 aliphatic carbocycles. The molecule has 0 unspecified atom stereocenters. The van der Waals surface area contributed by atoms with Crippen molar-refractivity contribution >= 4 is 11.6 Å². The quantitative estimate of drug-likeness (QED) is 0.818. The van der Waals surface area contributed by atoms with Crippen molar-refractivity contribution in [1.82, 2.24) is 9.97 Å². The van der Waals surface area contributed by atoms with Gasteiger partial charge < -0.3 is 15.8 Å². The number of nitrogen functional groups attached to an aromatic ring is 1. The minimum absolute atomic E-state index is 0.377. The van der Waals surface area contributed by atoms with Gasteiger partial charge in [-0.15, -0.1) is 0 Å². The molecule has 0 fully saturated rings. The van der Waals surface area contributed by atoms with Crippen LogP contribution in [0.3, 0.4) is 0 Å². The van der Waals surface area contributed by atoms with Gasteiger partial charge >= 0.3 is 0 Å². The van der Waals surface area contributed by atoms with E-state index >= 15 is 0 Å². The van der Waals surface area contributed by atoms with Gasteiger partial charge in [0.25, 0.3) is 0 Å². The smallest absolute Gasteiger partial charge is 0.158 e. The normalized spacial score (nSPS) is 10.6. The Morgan fingerprint density at radius 2 is 1.90 bits per heavy atom. The average Bonchev–Trinajstić information content (AvgIpc) is 2.50. The molecule has 0 amide bonds. The number of ether oxygens (including phenoxy) is 1. The van der Waals surface area contributed by atoms with Gasteiger partial charge in [0.15, 0.2) is 5.82 Å². The number of aromatic nitrogens is 2. The summed E-state index contributed by atoms with van der Waals surface area (Å²) in [5.41, 5.74) is 8.41. The van der Waals surface area contributed by atoms with Crippen molar-refractivity contribution in [1.29, 1.82) is 0 Å². The highest BCUT2D eigenvalue weighted by atomic mass is 16.5. The summed E-state index contributed by atoms with van der Waals surface area (Å²) in [7, 11) is 0. The Bertz CT molecular complexity index is 586. The van der Waals surface area contributed by atoms with Crippen LogP contribution >= 0.6 is 0 Å². The Morgan fingerprint density at radius 1 is 1.14 bits per heavy atom. The van der Waals surface area contributed by atoms with Crippen LogP contribution in [-0.2, 0) is 24.3 Å². The third kappa shape index (κ3) is 4.43. The summed E-state index contributed by atoms with van der Waals surface area (Å²) in [5, 5.41) is 3.31. The minimum Gasteiger partial charge on any atom is -0.384 e. The van der Waals surface area contributed by atoms with Gasteiger partial charge in [-0.2, -0.15) is 0 Å². The SMILES string of the molecule is CCOCc1nc(N)cc(NCc2ccccc2CC)n1. The number of nitrogens with two attached hydrogens (primary N) is 1. The highest BCUT2D eigenvalue weighted by Gasteiger charge is 2.04. The molecular weight excluding hydrogens is 264 g/mol. The number of anilines is 2. The molecule has 0 saturated heterocycles. The number of aryl methyl sites for hydroxylation is 1. The topological polar surface area (TPSA) is 73.1 Å². The van der Waals surface area contributed by atoms with Crippen molar-refractivity contribution in [3.8, 4) is 0 Å². The van der Waals surface area contributed by atoms with Crippen LogP contribution in [0.25, 0.3) is 0 Å². The summed E-state index contributed by atoms with van der Waals surface area (Å²) in [6.45, 7) is 5.82. The zero-order chi connectivity index (χ0) is 15.1. The molecule has 1 heterocycles. The Labute approximate surface area is 125 Å². The highest BCUT2D eigenvalue weighted by Crippen LogP contribution is 2.14. The van der Waals surface area contributed by atoms with E-state index in [-0.39, 0.29) is 0 Å². The molecule has 0 saturated carbocycles. The molecular formula is C16H22N4O. The summed E-state index contributed by atoms with van der Waals surface area (Å²) in [5.74, 6) is 1.78. The van der Waals surface area contributed by atoms with Crippen molar-refractivity contribution in [2.75, 3.05) is 17.7 Å². The Hall–Kier alpha value is -2.14. The number of hydrogen-bond acceptors (Lipinski definition) is 5. The Kier molecular flexibility index (Phi) is 5.51. The second kappa shape index (κ2) is 7.59. The van der Waals surface area contributed by atoms with E-state index in [0.717, 1.165) is 12.2 Å². The zero-order valence-electron chi connectivity index (χ0n) is 12.6. The second-order valence-electron chi connectivity index (χ2n) is 4.71. The van der Waals surface area contributed by atoms with Crippen LogP contribution in [0.4, 0.5) is 11.6 Å². The van der Waals surface area contributed by atoms with E-state index < -0.39 is 0 Å². The summed E-state index contributed by atoms with van der Waals surface area (Å²) in [6, 6.07) is 10.1. The molecule has 0 radical (unpaired) electrons. The average molecular weight is 286 g/mol. The fraction of sp³-hybridized carbons (Fsp3) is 0.375. The first-order chi connectivity index (χ1) is 10.2. The maximum atomic E-state index is 5.81. The lowest BCUT2D eigenvalue weighted by Gasteiger charge is -2.11. The van der Waals surface area contributed by atoms with E-state index in [2.05, 4.69) is 40.4 Å². The molecule has 2 rings (SSSR count). The number of rotatable bonds is 7. The van der Waals surface area contributed by atoms with E-state index in [0.29, 0.717) is 31.4 Å². The maximum absolute atomic E-state index is 5.81. The van der Waals surface area contributed by atoms with E-state index in [9.17, 15) is 0 Å². The predicted octanol–water partition coefficient (Wildman–Crippen LogP) is 2.77. The summed E-state index contributed by atoms with van der Waals surface area (Å²) < 4.78 is 5.32. The van der Waals surface area contributed by atoms with E-state index in [4.69, 9.17) is 10.5 Å². The Morgan fingerprint density at radius 3 is 2.62 bits per heavy atom. The molecule has 21 heavy (non-hydrogen) atoms. The number of benzene rings is 1.